The Kier molecular flexibility index (Phi) is 4.27. The summed E-state index contributed by atoms with van der Waals surface area (Å²) in [7, 11) is -1.47. The van der Waals surface area contributed by atoms with Crippen LogP contribution in [-0.2, 0) is 15.6 Å². The zero-order valence-corrected chi connectivity index (χ0v) is 11.6. The molecule has 0 radical (unpaired) electrons. The average Bonchev–Trinajstić information content (AvgIpc) is 2.40. The molecule has 0 N–H and O–H groups in total. The number of benzene rings is 1. The summed E-state index contributed by atoms with van der Waals surface area (Å²) in [5, 5.41) is -0.156. The maximum Gasteiger partial charge on any atom is 0.157 e. The van der Waals surface area contributed by atoms with Gasteiger partial charge in [-0.3, -0.25) is 0 Å². The first-order chi connectivity index (χ1) is 8.63. The summed E-state index contributed by atoms with van der Waals surface area (Å²) in [6.07, 6.45) is 4.88. The van der Waals surface area contributed by atoms with Gasteiger partial charge in [0.1, 0.15) is 5.75 Å². The molecule has 1 aliphatic carbocycles. The van der Waals surface area contributed by atoms with Gasteiger partial charge in [0.2, 0.25) is 0 Å². The topological polar surface area (TPSA) is 43.4 Å². The van der Waals surface area contributed by atoms with Crippen molar-refractivity contribution in [2.75, 3.05) is 7.11 Å². The van der Waals surface area contributed by atoms with Crippen LogP contribution in [-0.4, -0.2) is 20.8 Å². The third-order valence-electron chi connectivity index (χ3n) is 3.61. The van der Waals surface area contributed by atoms with E-state index in [1.54, 1.807) is 7.11 Å². The maximum absolute atomic E-state index is 12.4. The second-order valence-corrected chi connectivity index (χ2v) is 7.16. The van der Waals surface area contributed by atoms with Gasteiger partial charge in [-0.05, 0) is 18.9 Å². The van der Waals surface area contributed by atoms with Gasteiger partial charge in [0.25, 0.3) is 0 Å². The van der Waals surface area contributed by atoms with E-state index in [9.17, 15) is 8.42 Å². The van der Waals surface area contributed by atoms with Gasteiger partial charge >= 0.3 is 0 Å². The minimum atomic E-state index is -3.05. The second-order valence-electron chi connectivity index (χ2n) is 4.88. The van der Waals surface area contributed by atoms with E-state index in [0.717, 1.165) is 31.2 Å². The fraction of sp³-hybridized carbons (Fsp3) is 0.571. The SMILES string of the molecule is COc1ccccc1CS(=O)(=O)C1CCCCC1. The molecule has 1 fully saturated rings. The molecule has 1 saturated carbocycles. The highest BCUT2D eigenvalue weighted by Gasteiger charge is 2.28. The van der Waals surface area contributed by atoms with Crippen molar-refractivity contribution < 1.29 is 13.2 Å². The molecule has 0 bridgehead atoms. The summed E-state index contributed by atoms with van der Waals surface area (Å²) in [4.78, 5) is 0. The van der Waals surface area contributed by atoms with Crippen molar-refractivity contribution in [3.05, 3.63) is 29.8 Å². The highest BCUT2D eigenvalue weighted by Crippen LogP contribution is 2.28. The standard InChI is InChI=1S/C14H20O3S/c1-17-14-10-6-5-7-12(14)11-18(15,16)13-8-3-2-4-9-13/h5-7,10,13H,2-4,8-9,11H2,1H3. The van der Waals surface area contributed by atoms with E-state index in [1.165, 1.54) is 6.42 Å². The molecule has 18 heavy (non-hydrogen) atoms. The van der Waals surface area contributed by atoms with Crippen LogP contribution >= 0.6 is 0 Å². The van der Waals surface area contributed by atoms with Crippen LogP contribution in [0.3, 0.4) is 0 Å². The lowest BCUT2D eigenvalue weighted by Gasteiger charge is -2.22. The summed E-state index contributed by atoms with van der Waals surface area (Å²) < 4.78 is 29.9. The quantitative estimate of drug-likeness (QED) is 0.843. The van der Waals surface area contributed by atoms with Crippen LogP contribution in [0.25, 0.3) is 0 Å². The number of methoxy groups -OCH3 is 1. The lowest BCUT2D eigenvalue weighted by atomic mass is 10.0. The van der Waals surface area contributed by atoms with Crippen molar-refractivity contribution in [1.82, 2.24) is 0 Å². The van der Waals surface area contributed by atoms with Crippen LogP contribution in [0.15, 0.2) is 24.3 Å². The molecule has 1 aromatic carbocycles. The predicted molar refractivity (Wildman–Crippen MR) is 72.5 cm³/mol. The zero-order valence-electron chi connectivity index (χ0n) is 10.8. The van der Waals surface area contributed by atoms with Crippen LogP contribution in [0.2, 0.25) is 0 Å². The lowest BCUT2D eigenvalue weighted by molar-refractivity contribution is 0.410. The molecule has 100 valence electrons. The van der Waals surface area contributed by atoms with Crippen LogP contribution < -0.4 is 4.74 Å². The summed E-state index contributed by atoms with van der Waals surface area (Å²) in [6, 6.07) is 7.36. The predicted octanol–water partition coefficient (Wildman–Crippen LogP) is 2.94. The first-order valence-corrected chi connectivity index (χ1v) is 8.18. The zero-order chi connectivity index (χ0) is 13.0. The maximum atomic E-state index is 12.4. The largest absolute Gasteiger partial charge is 0.496 e. The van der Waals surface area contributed by atoms with Gasteiger partial charge in [-0.1, -0.05) is 37.5 Å². The second kappa shape index (κ2) is 5.74. The Balaban J connectivity index is 2.16. The number of sulfone groups is 1. The molecular formula is C14H20O3S. The molecule has 0 amide bonds. The summed E-state index contributed by atoms with van der Waals surface area (Å²) in [5.74, 6) is 0.763. The van der Waals surface area contributed by atoms with Crippen molar-refractivity contribution in [3.63, 3.8) is 0 Å². The van der Waals surface area contributed by atoms with E-state index in [4.69, 9.17) is 4.74 Å². The molecule has 2 rings (SSSR count). The Morgan fingerprint density at radius 2 is 1.83 bits per heavy atom. The Labute approximate surface area is 109 Å². The molecule has 0 unspecified atom stereocenters. The van der Waals surface area contributed by atoms with Gasteiger partial charge in [-0.15, -0.1) is 0 Å². The molecule has 0 heterocycles. The van der Waals surface area contributed by atoms with E-state index >= 15 is 0 Å². The first kappa shape index (κ1) is 13.4. The minimum absolute atomic E-state index is 0.0989. The highest BCUT2D eigenvalue weighted by molar-refractivity contribution is 7.91. The molecule has 1 aliphatic rings. The van der Waals surface area contributed by atoms with E-state index in [2.05, 4.69) is 0 Å². The lowest BCUT2D eigenvalue weighted by Crippen LogP contribution is -2.25. The van der Waals surface area contributed by atoms with Crippen molar-refractivity contribution >= 4 is 9.84 Å². The number of ether oxygens (including phenoxy) is 1. The molecule has 0 saturated heterocycles. The Morgan fingerprint density at radius 3 is 2.50 bits per heavy atom. The fourth-order valence-corrected chi connectivity index (χ4v) is 4.54. The first-order valence-electron chi connectivity index (χ1n) is 6.47. The van der Waals surface area contributed by atoms with Gasteiger partial charge in [-0.2, -0.15) is 0 Å². The van der Waals surface area contributed by atoms with Gasteiger partial charge in [0.15, 0.2) is 9.84 Å². The van der Waals surface area contributed by atoms with Crippen molar-refractivity contribution in [2.45, 2.75) is 43.1 Å². The third-order valence-corrected chi connectivity index (χ3v) is 5.81. The van der Waals surface area contributed by atoms with Crippen molar-refractivity contribution in [3.8, 4) is 5.75 Å². The van der Waals surface area contributed by atoms with E-state index in [0.29, 0.717) is 5.75 Å². The Bertz CT molecular complexity index is 488. The van der Waals surface area contributed by atoms with E-state index in [-0.39, 0.29) is 11.0 Å². The van der Waals surface area contributed by atoms with Gasteiger partial charge in [0.05, 0.1) is 18.1 Å². The number of rotatable bonds is 4. The normalized spacial score (nSPS) is 17.6. The summed E-state index contributed by atoms with van der Waals surface area (Å²) >= 11 is 0. The van der Waals surface area contributed by atoms with Crippen molar-refractivity contribution in [1.29, 1.82) is 0 Å². The summed E-state index contributed by atoms with van der Waals surface area (Å²) in [5.41, 5.74) is 0.769. The minimum Gasteiger partial charge on any atom is -0.496 e. The van der Waals surface area contributed by atoms with Crippen LogP contribution in [0.5, 0.6) is 5.75 Å². The molecule has 3 nitrogen and oxygen atoms in total. The molecule has 0 atom stereocenters. The molecule has 4 heteroatoms. The molecular weight excluding hydrogens is 248 g/mol. The monoisotopic (exact) mass is 268 g/mol. The van der Waals surface area contributed by atoms with Crippen molar-refractivity contribution in [2.24, 2.45) is 0 Å². The molecule has 0 aromatic heterocycles. The molecule has 1 aromatic rings. The number of para-hydroxylation sites is 1. The van der Waals surface area contributed by atoms with E-state index in [1.807, 2.05) is 24.3 Å². The number of hydrogen-bond acceptors (Lipinski definition) is 3. The van der Waals surface area contributed by atoms with E-state index < -0.39 is 9.84 Å². The smallest absolute Gasteiger partial charge is 0.157 e. The van der Waals surface area contributed by atoms with Gasteiger partial charge < -0.3 is 4.74 Å². The Hall–Kier alpha value is -1.03. The summed E-state index contributed by atoms with van der Waals surface area (Å²) in [6.45, 7) is 0. The van der Waals surface area contributed by atoms with Gasteiger partial charge in [-0.25, -0.2) is 8.42 Å². The van der Waals surface area contributed by atoms with Gasteiger partial charge in [0, 0.05) is 5.56 Å². The van der Waals surface area contributed by atoms with Crippen LogP contribution in [0.1, 0.15) is 37.7 Å². The third kappa shape index (κ3) is 3.05. The molecule has 0 aliphatic heterocycles. The average molecular weight is 268 g/mol. The molecule has 0 spiro atoms. The number of hydrogen-bond donors (Lipinski definition) is 0. The fourth-order valence-electron chi connectivity index (χ4n) is 2.58. The highest BCUT2D eigenvalue weighted by atomic mass is 32.2. The Morgan fingerprint density at radius 1 is 1.17 bits per heavy atom. The van der Waals surface area contributed by atoms with Crippen LogP contribution in [0.4, 0.5) is 0 Å². The van der Waals surface area contributed by atoms with Crippen LogP contribution in [0, 0.1) is 0 Å².